The molecule has 0 unspecified atom stereocenters. The van der Waals surface area contributed by atoms with E-state index >= 15 is 0 Å². The second kappa shape index (κ2) is 9.33. The molecule has 2 aromatic carbocycles. The Morgan fingerprint density at radius 2 is 1.81 bits per heavy atom. The molecule has 2 aromatic rings. The van der Waals surface area contributed by atoms with E-state index in [1.165, 1.54) is 0 Å². The molecule has 0 heterocycles. The van der Waals surface area contributed by atoms with E-state index in [-0.39, 0.29) is 5.84 Å². The lowest BCUT2D eigenvalue weighted by atomic mass is 10.2. The lowest BCUT2D eigenvalue weighted by Gasteiger charge is -2.06. The van der Waals surface area contributed by atoms with Gasteiger partial charge in [0.05, 0.1) is 26.1 Å². The molecular formula is C19H22N4O3. The molecule has 0 aliphatic heterocycles. The zero-order chi connectivity index (χ0) is 18.9. The number of ether oxygens (including phenoxy) is 2. The lowest BCUT2D eigenvalue weighted by Crippen LogP contribution is -2.26. The molecule has 0 saturated heterocycles. The van der Waals surface area contributed by atoms with Gasteiger partial charge < -0.3 is 9.47 Å². The number of hydrogen-bond acceptors (Lipinski definition) is 6. The van der Waals surface area contributed by atoms with Gasteiger partial charge in [-0.05, 0) is 38.1 Å². The van der Waals surface area contributed by atoms with E-state index in [0.717, 1.165) is 11.1 Å². The number of amidine groups is 1. The van der Waals surface area contributed by atoms with Crippen LogP contribution < -0.4 is 15.0 Å². The molecule has 0 fully saturated rings. The van der Waals surface area contributed by atoms with Crippen molar-refractivity contribution in [1.29, 1.82) is 0 Å². The van der Waals surface area contributed by atoms with Crippen molar-refractivity contribution >= 4 is 23.4 Å². The minimum atomic E-state index is 0.215. The SMILES string of the molecule is COc1ccc(/C=N/N=C(\C)C(=Nc2ccc(C)cc2)NO)c(OC)c1. The van der Waals surface area contributed by atoms with Crippen molar-refractivity contribution in [3.63, 3.8) is 0 Å². The first kappa shape index (κ1) is 19.1. The molecule has 0 aliphatic rings. The van der Waals surface area contributed by atoms with Crippen LogP contribution in [0, 0.1) is 6.92 Å². The van der Waals surface area contributed by atoms with Crippen LogP contribution in [0.2, 0.25) is 0 Å². The molecular weight excluding hydrogens is 332 g/mol. The van der Waals surface area contributed by atoms with E-state index in [4.69, 9.17) is 9.47 Å². The Kier molecular flexibility index (Phi) is 6.87. The topological polar surface area (TPSA) is 87.8 Å². The van der Waals surface area contributed by atoms with Crippen LogP contribution >= 0.6 is 0 Å². The third-order valence-electron chi connectivity index (χ3n) is 3.57. The van der Waals surface area contributed by atoms with Crippen LogP contribution in [0.15, 0.2) is 57.7 Å². The van der Waals surface area contributed by atoms with Crippen molar-refractivity contribution < 1.29 is 14.7 Å². The van der Waals surface area contributed by atoms with Crippen molar-refractivity contribution in [3.8, 4) is 11.5 Å². The molecule has 0 amide bonds. The number of methoxy groups -OCH3 is 2. The summed E-state index contributed by atoms with van der Waals surface area (Å²) in [6.07, 6.45) is 1.56. The summed E-state index contributed by atoms with van der Waals surface area (Å²) in [4.78, 5) is 4.31. The molecule has 2 N–H and O–H groups in total. The number of nitrogens with zero attached hydrogens (tertiary/aromatic N) is 3. The summed E-state index contributed by atoms with van der Waals surface area (Å²) in [7, 11) is 3.16. The molecule has 0 atom stereocenters. The number of benzene rings is 2. The van der Waals surface area contributed by atoms with Crippen molar-refractivity contribution in [2.24, 2.45) is 15.2 Å². The third-order valence-corrected chi connectivity index (χ3v) is 3.57. The molecule has 0 radical (unpaired) electrons. The van der Waals surface area contributed by atoms with Gasteiger partial charge in [0.1, 0.15) is 17.2 Å². The molecule has 0 spiro atoms. The highest BCUT2D eigenvalue weighted by atomic mass is 16.5. The van der Waals surface area contributed by atoms with Gasteiger partial charge in [0.15, 0.2) is 5.84 Å². The fourth-order valence-electron chi connectivity index (χ4n) is 2.09. The summed E-state index contributed by atoms with van der Waals surface area (Å²) in [5.41, 5.74) is 5.06. The third kappa shape index (κ3) is 5.15. The Morgan fingerprint density at radius 3 is 2.42 bits per heavy atom. The van der Waals surface area contributed by atoms with Crippen molar-refractivity contribution in [2.45, 2.75) is 13.8 Å². The summed E-state index contributed by atoms with van der Waals surface area (Å²) in [6, 6.07) is 13.0. The normalized spacial score (nSPS) is 12.3. The van der Waals surface area contributed by atoms with Gasteiger partial charge in [-0.1, -0.05) is 17.7 Å². The number of aryl methyl sites for hydroxylation is 1. The van der Waals surface area contributed by atoms with Crippen molar-refractivity contribution in [1.82, 2.24) is 5.48 Å². The van der Waals surface area contributed by atoms with E-state index < -0.39 is 0 Å². The molecule has 26 heavy (non-hydrogen) atoms. The Labute approximate surface area is 152 Å². The van der Waals surface area contributed by atoms with Crippen LogP contribution in [-0.2, 0) is 0 Å². The quantitative estimate of drug-likeness (QED) is 0.472. The Bertz CT molecular complexity index is 827. The molecule has 0 saturated carbocycles. The monoisotopic (exact) mass is 354 g/mol. The van der Waals surface area contributed by atoms with Crippen molar-refractivity contribution in [2.75, 3.05) is 14.2 Å². The van der Waals surface area contributed by atoms with Crippen LogP contribution in [0.4, 0.5) is 5.69 Å². The Morgan fingerprint density at radius 1 is 1.08 bits per heavy atom. The van der Waals surface area contributed by atoms with E-state index in [1.54, 1.807) is 39.5 Å². The maximum Gasteiger partial charge on any atom is 0.173 e. The van der Waals surface area contributed by atoms with E-state index in [0.29, 0.717) is 22.9 Å². The number of aliphatic imine (C=N–C) groups is 1. The van der Waals surface area contributed by atoms with Gasteiger partial charge in [0.2, 0.25) is 0 Å². The second-order valence-corrected chi connectivity index (χ2v) is 5.45. The van der Waals surface area contributed by atoms with Gasteiger partial charge in [-0.15, -0.1) is 0 Å². The largest absolute Gasteiger partial charge is 0.497 e. The molecule has 0 bridgehead atoms. The minimum Gasteiger partial charge on any atom is -0.497 e. The minimum absolute atomic E-state index is 0.215. The maximum atomic E-state index is 9.32. The van der Waals surface area contributed by atoms with Crippen LogP contribution in [-0.4, -0.2) is 37.2 Å². The highest BCUT2D eigenvalue weighted by Gasteiger charge is 2.04. The van der Waals surface area contributed by atoms with E-state index in [9.17, 15) is 5.21 Å². The average molecular weight is 354 g/mol. The zero-order valence-electron chi connectivity index (χ0n) is 15.2. The fourth-order valence-corrected chi connectivity index (χ4v) is 2.09. The van der Waals surface area contributed by atoms with Gasteiger partial charge >= 0.3 is 0 Å². The predicted molar refractivity (Wildman–Crippen MR) is 103 cm³/mol. The molecule has 136 valence electrons. The lowest BCUT2D eigenvalue weighted by molar-refractivity contribution is 0.236. The van der Waals surface area contributed by atoms with Gasteiger partial charge in [-0.3, -0.25) is 10.7 Å². The molecule has 7 heteroatoms. The summed E-state index contributed by atoms with van der Waals surface area (Å²) in [6.45, 7) is 3.69. The fraction of sp³-hybridized carbons (Fsp3) is 0.211. The molecule has 0 aliphatic carbocycles. The van der Waals surface area contributed by atoms with Crippen molar-refractivity contribution in [3.05, 3.63) is 53.6 Å². The standard InChI is InChI=1S/C19H22N4O3/c1-13-5-8-16(9-6-13)21-19(23-24)14(2)22-20-12-15-7-10-17(25-3)11-18(15)26-4/h5-12,24H,1-4H3,(H,21,23)/b20-12+,22-14+. The van der Waals surface area contributed by atoms with Gasteiger partial charge in [-0.2, -0.15) is 10.2 Å². The molecule has 7 nitrogen and oxygen atoms in total. The van der Waals surface area contributed by atoms with Gasteiger partial charge in [0, 0.05) is 11.6 Å². The van der Waals surface area contributed by atoms with Crippen LogP contribution in [0.1, 0.15) is 18.1 Å². The summed E-state index contributed by atoms with van der Waals surface area (Å²) in [5, 5.41) is 17.4. The predicted octanol–water partition coefficient (Wildman–Crippen LogP) is 3.52. The molecule has 0 aromatic heterocycles. The second-order valence-electron chi connectivity index (χ2n) is 5.45. The maximum absolute atomic E-state index is 9.32. The smallest absolute Gasteiger partial charge is 0.173 e. The first-order valence-corrected chi connectivity index (χ1v) is 7.93. The van der Waals surface area contributed by atoms with Gasteiger partial charge in [0.25, 0.3) is 0 Å². The number of nitrogens with one attached hydrogen (secondary N) is 1. The van der Waals surface area contributed by atoms with Crippen LogP contribution in [0.25, 0.3) is 0 Å². The number of hydroxylamine groups is 1. The summed E-state index contributed by atoms with van der Waals surface area (Å²) >= 11 is 0. The van der Waals surface area contributed by atoms with E-state index in [1.807, 2.05) is 37.3 Å². The summed E-state index contributed by atoms with van der Waals surface area (Å²) < 4.78 is 10.5. The first-order valence-electron chi connectivity index (χ1n) is 7.93. The van der Waals surface area contributed by atoms with Crippen LogP contribution in [0.3, 0.4) is 0 Å². The number of hydrogen-bond donors (Lipinski definition) is 2. The Balaban J connectivity index is 2.19. The first-order chi connectivity index (χ1) is 12.6. The average Bonchev–Trinajstić information content (AvgIpc) is 2.67. The molecule has 2 rings (SSSR count). The highest BCUT2D eigenvalue weighted by Crippen LogP contribution is 2.23. The zero-order valence-corrected chi connectivity index (χ0v) is 15.2. The number of rotatable bonds is 6. The summed E-state index contributed by atoms with van der Waals surface area (Å²) in [5.74, 6) is 1.53. The van der Waals surface area contributed by atoms with E-state index in [2.05, 4.69) is 20.7 Å². The highest BCUT2D eigenvalue weighted by molar-refractivity contribution is 6.40. The van der Waals surface area contributed by atoms with Crippen LogP contribution in [0.5, 0.6) is 11.5 Å². The Hall–Kier alpha value is -3.19. The van der Waals surface area contributed by atoms with Gasteiger partial charge in [-0.25, -0.2) is 4.99 Å².